The van der Waals surface area contributed by atoms with Crippen molar-refractivity contribution in [1.29, 1.82) is 0 Å². The maximum absolute atomic E-state index is 13.7. The van der Waals surface area contributed by atoms with Gasteiger partial charge in [0.05, 0.1) is 6.54 Å². The Morgan fingerprint density at radius 3 is 2.45 bits per heavy atom. The van der Waals surface area contributed by atoms with E-state index in [1.54, 1.807) is 0 Å². The van der Waals surface area contributed by atoms with E-state index >= 15 is 0 Å². The molecule has 2 aromatic carbocycles. The van der Waals surface area contributed by atoms with Gasteiger partial charge in [0.15, 0.2) is 5.82 Å². The maximum atomic E-state index is 13.7. The minimum atomic E-state index is -3.08. The van der Waals surface area contributed by atoms with E-state index in [0.717, 1.165) is 29.2 Å². The molecule has 0 saturated carbocycles. The van der Waals surface area contributed by atoms with Crippen LogP contribution in [0.2, 0.25) is 0 Å². The summed E-state index contributed by atoms with van der Waals surface area (Å²) in [6.45, 7) is 3.07. The average Bonchev–Trinajstić information content (AvgIpc) is 3.43. The van der Waals surface area contributed by atoms with Crippen molar-refractivity contribution in [2.75, 3.05) is 0 Å². The van der Waals surface area contributed by atoms with E-state index in [0.29, 0.717) is 24.6 Å². The lowest BCUT2D eigenvalue weighted by atomic mass is 9.98. The lowest BCUT2D eigenvalue weighted by Crippen LogP contribution is -2.10. The summed E-state index contributed by atoms with van der Waals surface area (Å²) in [5, 5.41) is 18.1. The predicted octanol–water partition coefficient (Wildman–Crippen LogP) is 4.40. The van der Waals surface area contributed by atoms with Gasteiger partial charge in [0, 0.05) is 18.9 Å². The van der Waals surface area contributed by atoms with Crippen LogP contribution in [0.3, 0.4) is 0 Å². The first-order valence-electron chi connectivity index (χ1n) is 9.81. The number of aromatic nitrogens is 7. The first-order chi connectivity index (χ1) is 15.0. The van der Waals surface area contributed by atoms with Gasteiger partial charge in [-0.05, 0) is 34.0 Å². The topological polar surface area (TPSA) is 85.2 Å². The molecule has 9 heteroatoms. The van der Waals surface area contributed by atoms with E-state index < -0.39 is 11.7 Å². The molecule has 0 bridgehead atoms. The van der Waals surface area contributed by atoms with E-state index in [1.165, 1.54) is 4.68 Å². The van der Waals surface area contributed by atoms with E-state index in [9.17, 15) is 8.78 Å². The maximum Gasteiger partial charge on any atom is 0.305 e. The first-order valence-corrected chi connectivity index (χ1v) is 9.81. The number of H-pyrrole nitrogens is 1. The molecule has 2 aromatic heterocycles. The highest BCUT2D eigenvalue weighted by Gasteiger charge is 2.31. The van der Waals surface area contributed by atoms with Gasteiger partial charge in [-0.2, -0.15) is 8.78 Å². The minimum Gasteiger partial charge on any atom is -0.245 e. The molecule has 4 rings (SSSR count). The molecule has 0 amide bonds. The zero-order valence-corrected chi connectivity index (χ0v) is 17.1. The zero-order chi connectivity index (χ0) is 21.8. The molecule has 0 unspecified atom stereocenters. The number of benzene rings is 2. The summed E-state index contributed by atoms with van der Waals surface area (Å²) < 4.78 is 29.0. The van der Waals surface area contributed by atoms with Gasteiger partial charge in [-0.1, -0.05) is 60.7 Å². The van der Waals surface area contributed by atoms with Gasteiger partial charge >= 0.3 is 5.92 Å². The van der Waals surface area contributed by atoms with Gasteiger partial charge in [0.1, 0.15) is 5.82 Å². The highest BCUT2D eigenvalue weighted by atomic mass is 19.3. The summed E-state index contributed by atoms with van der Waals surface area (Å²) in [6.07, 6.45) is 4.11. The summed E-state index contributed by atoms with van der Waals surface area (Å²) in [5.41, 5.74) is 3.81. The van der Waals surface area contributed by atoms with Crippen LogP contribution in [-0.2, 0) is 18.9 Å². The summed E-state index contributed by atoms with van der Waals surface area (Å²) in [5.74, 6) is -2.46. The normalized spacial score (nSPS) is 12.0. The molecule has 0 aliphatic rings. The largest absolute Gasteiger partial charge is 0.305 e. The van der Waals surface area contributed by atoms with Crippen molar-refractivity contribution in [3.05, 3.63) is 77.9 Å². The Morgan fingerprint density at radius 2 is 1.81 bits per heavy atom. The smallest absolute Gasteiger partial charge is 0.245 e. The number of tetrazole rings is 1. The van der Waals surface area contributed by atoms with Crippen molar-refractivity contribution in [3.8, 4) is 22.5 Å². The van der Waals surface area contributed by atoms with Crippen LogP contribution in [0.5, 0.6) is 0 Å². The third-order valence-electron chi connectivity index (χ3n) is 4.81. The number of nitrogens with zero attached hydrogens (tertiary/aromatic N) is 6. The molecule has 0 radical (unpaired) electrons. The van der Waals surface area contributed by atoms with Crippen LogP contribution in [0.25, 0.3) is 22.5 Å². The van der Waals surface area contributed by atoms with Gasteiger partial charge in [0.2, 0.25) is 5.82 Å². The number of alkyl halides is 2. The Kier molecular flexibility index (Phi) is 5.66. The SMILES string of the molecule is C/C=C/Cn1nc(C(C)(F)F)nc1Cc1ccc(-c2ccccc2-c2nnn[nH]2)cc1. The quantitative estimate of drug-likeness (QED) is 0.447. The molecule has 31 heavy (non-hydrogen) atoms. The van der Waals surface area contributed by atoms with Crippen molar-refractivity contribution in [1.82, 2.24) is 35.4 Å². The number of hydrogen-bond acceptors (Lipinski definition) is 5. The molecule has 2 heterocycles. The summed E-state index contributed by atoms with van der Waals surface area (Å²) in [7, 11) is 0. The monoisotopic (exact) mass is 421 g/mol. The summed E-state index contributed by atoms with van der Waals surface area (Å²) >= 11 is 0. The van der Waals surface area contributed by atoms with Crippen molar-refractivity contribution >= 4 is 0 Å². The lowest BCUT2D eigenvalue weighted by molar-refractivity contribution is 0.00757. The van der Waals surface area contributed by atoms with Crippen LogP contribution in [0, 0.1) is 0 Å². The fraction of sp³-hybridized carbons (Fsp3) is 0.227. The molecule has 1 N–H and O–H groups in total. The molecule has 4 aromatic rings. The minimum absolute atomic E-state index is 0.394. The van der Waals surface area contributed by atoms with Crippen molar-refractivity contribution < 1.29 is 8.78 Å². The molecule has 7 nitrogen and oxygen atoms in total. The number of hydrogen-bond donors (Lipinski definition) is 1. The van der Waals surface area contributed by atoms with E-state index in [4.69, 9.17) is 0 Å². The Bertz CT molecular complexity index is 1170. The van der Waals surface area contributed by atoms with Crippen LogP contribution >= 0.6 is 0 Å². The summed E-state index contributed by atoms with van der Waals surface area (Å²) in [4.78, 5) is 4.10. The van der Waals surface area contributed by atoms with Gasteiger partial charge in [-0.3, -0.25) is 0 Å². The Morgan fingerprint density at radius 1 is 1.06 bits per heavy atom. The van der Waals surface area contributed by atoms with Gasteiger partial charge in [0.25, 0.3) is 0 Å². The van der Waals surface area contributed by atoms with Crippen molar-refractivity contribution in [2.45, 2.75) is 32.7 Å². The second-order valence-electron chi connectivity index (χ2n) is 7.16. The van der Waals surface area contributed by atoms with Gasteiger partial charge in [-0.15, -0.1) is 10.2 Å². The average molecular weight is 421 g/mol. The first kappa shape index (κ1) is 20.5. The van der Waals surface area contributed by atoms with Crippen molar-refractivity contribution in [2.24, 2.45) is 0 Å². The molecular weight excluding hydrogens is 400 g/mol. The number of aromatic amines is 1. The zero-order valence-electron chi connectivity index (χ0n) is 17.1. The Labute approximate surface area is 177 Å². The highest BCUT2D eigenvalue weighted by molar-refractivity contribution is 5.80. The van der Waals surface area contributed by atoms with E-state index in [-0.39, 0.29) is 0 Å². The number of allylic oxidation sites excluding steroid dienone is 2. The third-order valence-corrected chi connectivity index (χ3v) is 4.81. The van der Waals surface area contributed by atoms with E-state index in [2.05, 4.69) is 30.7 Å². The van der Waals surface area contributed by atoms with E-state index in [1.807, 2.05) is 67.6 Å². The fourth-order valence-corrected chi connectivity index (χ4v) is 3.24. The Balaban J connectivity index is 1.61. The van der Waals surface area contributed by atoms with Crippen LogP contribution in [0.4, 0.5) is 8.78 Å². The number of nitrogens with one attached hydrogen (secondary N) is 1. The van der Waals surface area contributed by atoms with Gasteiger partial charge < -0.3 is 0 Å². The third kappa shape index (κ3) is 4.55. The molecule has 0 atom stereocenters. The number of rotatable bonds is 7. The van der Waals surface area contributed by atoms with Crippen molar-refractivity contribution in [3.63, 3.8) is 0 Å². The highest BCUT2D eigenvalue weighted by Crippen LogP contribution is 2.30. The molecule has 158 valence electrons. The standard InChI is InChI=1S/C22H21F2N7/c1-3-4-13-31-19(25-21(28-31)22(2,23)24)14-15-9-11-16(12-10-15)17-7-5-6-8-18(17)20-26-29-30-27-20/h3-12H,13-14H2,1-2H3,(H,26,27,29,30)/b4-3+. The van der Waals surface area contributed by atoms with Crippen LogP contribution in [-0.4, -0.2) is 35.4 Å². The fourth-order valence-electron chi connectivity index (χ4n) is 3.24. The van der Waals surface area contributed by atoms with Crippen LogP contribution in [0.15, 0.2) is 60.7 Å². The molecule has 0 aliphatic carbocycles. The molecular formula is C22H21F2N7. The predicted molar refractivity (Wildman–Crippen MR) is 112 cm³/mol. The Hall–Kier alpha value is -3.75. The summed E-state index contributed by atoms with van der Waals surface area (Å²) in [6, 6.07) is 15.7. The molecule has 0 fully saturated rings. The second-order valence-corrected chi connectivity index (χ2v) is 7.16. The molecule has 0 aliphatic heterocycles. The van der Waals surface area contributed by atoms with Crippen LogP contribution < -0.4 is 0 Å². The second kappa shape index (κ2) is 8.55. The number of halogens is 2. The van der Waals surface area contributed by atoms with Crippen LogP contribution in [0.1, 0.15) is 31.1 Å². The molecule has 0 spiro atoms. The van der Waals surface area contributed by atoms with Gasteiger partial charge in [-0.25, -0.2) is 14.8 Å². The molecule has 0 saturated heterocycles. The lowest BCUT2D eigenvalue weighted by Gasteiger charge is -2.08.